The lowest BCUT2D eigenvalue weighted by molar-refractivity contribution is 0.112. The van der Waals surface area contributed by atoms with Crippen LogP contribution in [0, 0.1) is 0 Å². The number of halogens is 2. The number of nitrogens with zero attached hydrogens (tertiary/aromatic N) is 2. The van der Waals surface area contributed by atoms with Crippen molar-refractivity contribution in [1.82, 2.24) is 9.78 Å². The Hall–Kier alpha value is -1.32. The summed E-state index contributed by atoms with van der Waals surface area (Å²) >= 11 is 12.1. The third-order valence-electron chi connectivity index (χ3n) is 2.83. The molecule has 1 aromatic heterocycles. The molecule has 0 fully saturated rings. The van der Waals surface area contributed by atoms with E-state index in [4.69, 9.17) is 23.2 Å². The third kappa shape index (κ3) is 3.17. The normalized spacial score (nSPS) is 10.7. The fourth-order valence-electron chi connectivity index (χ4n) is 1.95. The van der Waals surface area contributed by atoms with Crippen molar-refractivity contribution in [3.63, 3.8) is 0 Å². The minimum absolute atomic E-state index is 0.387. The van der Waals surface area contributed by atoms with Crippen LogP contribution in [0.2, 0.25) is 10.2 Å². The molecule has 0 N–H and O–H groups in total. The van der Waals surface area contributed by atoms with Gasteiger partial charge in [-0.25, -0.2) is 4.68 Å². The molecule has 0 aliphatic rings. The molecule has 2 rings (SSSR count). The van der Waals surface area contributed by atoms with Crippen LogP contribution in [0.3, 0.4) is 0 Å². The number of carbonyl (C=O) groups is 1. The summed E-state index contributed by atoms with van der Waals surface area (Å²) in [7, 11) is 0. The van der Waals surface area contributed by atoms with Crippen molar-refractivity contribution < 1.29 is 4.79 Å². The minimum Gasteiger partial charge on any atom is -0.298 e. The Bertz CT molecular complexity index is 593. The first-order chi connectivity index (χ1) is 9.15. The number of aromatic nitrogens is 2. The average molecular weight is 297 g/mol. The van der Waals surface area contributed by atoms with E-state index in [1.54, 1.807) is 4.68 Å². The fraction of sp³-hybridized carbons (Fsp3) is 0.286. The molecule has 0 bridgehead atoms. The first-order valence-corrected chi connectivity index (χ1v) is 6.86. The quantitative estimate of drug-likeness (QED) is 0.782. The van der Waals surface area contributed by atoms with Crippen molar-refractivity contribution in [2.24, 2.45) is 0 Å². The van der Waals surface area contributed by atoms with Gasteiger partial charge < -0.3 is 0 Å². The number of aryl methyl sites for hydroxylation is 1. The maximum absolute atomic E-state index is 11.1. The molecule has 0 aliphatic heterocycles. The van der Waals surface area contributed by atoms with E-state index in [-0.39, 0.29) is 0 Å². The zero-order valence-corrected chi connectivity index (χ0v) is 12.1. The van der Waals surface area contributed by atoms with Gasteiger partial charge >= 0.3 is 0 Å². The van der Waals surface area contributed by atoms with E-state index in [9.17, 15) is 4.79 Å². The van der Waals surface area contributed by atoms with Gasteiger partial charge in [0.2, 0.25) is 0 Å². The standard InChI is InChI=1S/C14H14Cl2N2O/c1-2-4-13-12(9-19)14(16)18(17-13)8-10-5-3-6-11(15)7-10/h3,5-7,9H,2,4,8H2,1H3. The van der Waals surface area contributed by atoms with Gasteiger partial charge in [0.1, 0.15) is 5.15 Å². The summed E-state index contributed by atoms with van der Waals surface area (Å²) in [5.41, 5.74) is 2.24. The molecule has 0 amide bonds. The monoisotopic (exact) mass is 296 g/mol. The molecule has 1 heterocycles. The highest BCUT2D eigenvalue weighted by Crippen LogP contribution is 2.21. The molecule has 5 heteroatoms. The first-order valence-electron chi connectivity index (χ1n) is 6.10. The number of carbonyl (C=O) groups excluding carboxylic acids is 1. The smallest absolute Gasteiger partial charge is 0.155 e. The van der Waals surface area contributed by atoms with Crippen molar-refractivity contribution >= 4 is 29.5 Å². The Labute approximate surface area is 122 Å². The Balaban J connectivity index is 2.32. The summed E-state index contributed by atoms with van der Waals surface area (Å²) < 4.78 is 1.64. The van der Waals surface area contributed by atoms with Gasteiger partial charge in [0.15, 0.2) is 6.29 Å². The number of aldehydes is 1. The molecule has 0 aliphatic carbocycles. The van der Waals surface area contributed by atoms with Crippen LogP contribution in [0.1, 0.15) is 35.0 Å². The lowest BCUT2D eigenvalue weighted by atomic mass is 10.2. The van der Waals surface area contributed by atoms with E-state index in [1.165, 1.54) is 0 Å². The lowest BCUT2D eigenvalue weighted by Gasteiger charge is -2.03. The van der Waals surface area contributed by atoms with Crippen molar-refractivity contribution in [3.05, 3.63) is 51.3 Å². The molecule has 0 saturated heterocycles. The van der Waals surface area contributed by atoms with Crippen molar-refractivity contribution in [3.8, 4) is 0 Å². The number of hydrogen-bond donors (Lipinski definition) is 0. The fourth-order valence-corrected chi connectivity index (χ4v) is 2.42. The van der Waals surface area contributed by atoms with Crippen LogP contribution < -0.4 is 0 Å². The number of hydrogen-bond acceptors (Lipinski definition) is 2. The second kappa shape index (κ2) is 6.22. The van der Waals surface area contributed by atoms with Crippen LogP contribution in [-0.4, -0.2) is 16.1 Å². The topological polar surface area (TPSA) is 34.9 Å². The number of rotatable bonds is 5. The minimum atomic E-state index is 0.387. The van der Waals surface area contributed by atoms with Gasteiger partial charge in [-0.05, 0) is 24.1 Å². The van der Waals surface area contributed by atoms with E-state index < -0.39 is 0 Å². The Morgan fingerprint density at radius 2 is 2.16 bits per heavy atom. The maximum atomic E-state index is 11.1. The summed E-state index contributed by atoms with van der Waals surface area (Å²) in [6.45, 7) is 2.54. The average Bonchev–Trinajstić information content (AvgIpc) is 2.66. The van der Waals surface area contributed by atoms with Crippen LogP contribution >= 0.6 is 23.2 Å². The van der Waals surface area contributed by atoms with Crippen molar-refractivity contribution in [1.29, 1.82) is 0 Å². The van der Waals surface area contributed by atoms with Gasteiger partial charge in [-0.2, -0.15) is 5.10 Å². The second-order valence-electron chi connectivity index (χ2n) is 4.31. The first kappa shape index (κ1) is 14.1. The molecule has 0 spiro atoms. The zero-order valence-electron chi connectivity index (χ0n) is 10.6. The molecule has 0 atom stereocenters. The Morgan fingerprint density at radius 1 is 1.37 bits per heavy atom. The van der Waals surface area contributed by atoms with Crippen LogP contribution in [-0.2, 0) is 13.0 Å². The highest BCUT2D eigenvalue weighted by molar-refractivity contribution is 6.32. The van der Waals surface area contributed by atoms with E-state index in [0.29, 0.717) is 22.3 Å². The van der Waals surface area contributed by atoms with Gasteiger partial charge in [-0.15, -0.1) is 0 Å². The molecular formula is C14H14Cl2N2O. The number of benzene rings is 1. The molecule has 0 saturated carbocycles. The van der Waals surface area contributed by atoms with Crippen LogP contribution in [0.4, 0.5) is 0 Å². The molecule has 100 valence electrons. The molecule has 0 unspecified atom stereocenters. The summed E-state index contributed by atoms with van der Waals surface area (Å²) in [6, 6.07) is 7.50. The Morgan fingerprint density at radius 3 is 2.79 bits per heavy atom. The van der Waals surface area contributed by atoms with Crippen LogP contribution in [0.5, 0.6) is 0 Å². The SMILES string of the molecule is CCCc1nn(Cc2cccc(Cl)c2)c(Cl)c1C=O. The molecule has 1 aromatic carbocycles. The zero-order chi connectivity index (χ0) is 13.8. The van der Waals surface area contributed by atoms with Gasteiger partial charge in [-0.1, -0.05) is 48.7 Å². The molecular weight excluding hydrogens is 283 g/mol. The van der Waals surface area contributed by atoms with E-state index in [0.717, 1.165) is 30.4 Å². The van der Waals surface area contributed by atoms with E-state index in [2.05, 4.69) is 5.10 Å². The van der Waals surface area contributed by atoms with Gasteiger partial charge in [0.05, 0.1) is 17.8 Å². The summed E-state index contributed by atoms with van der Waals surface area (Å²) in [5.74, 6) is 0. The van der Waals surface area contributed by atoms with Gasteiger partial charge in [0, 0.05) is 5.02 Å². The van der Waals surface area contributed by atoms with Crippen molar-refractivity contribution in [2.45, 2.75) is 26.3 Å². The van der Waals surface area contributed by atoms with E-state index in [1.807, 2.05) is 31.2 Å². The molecule has 3 nitrogen and oxygen atoms in total. The van der Waals surface area contributed by atoms with Crippen LogP contribution in [0.25, 0.3) is 0 Å². The second-order valence-corrected chi connectivity index (χ2v) is 5.10. The van der Waals surface area contributed by atoms with Crippen LogP contribution in [0.15, 0.2) is 24.3 Å². The Kier molecular flexibility index (Phi) is 4.61. The van der Waals surface area contributed by atoms with Gasteiger partial charge in [0.25, 0.3) is 0 Å². The summed E-state index contributed by atoms with van der Waals surface area (Å²) in [6.07, 6.45) is 2.44. The largest absolute Gasteiger partial charge is 0.298 e. The van der Waals surface area contributed by atoms with E-state index >= 15 is 0 Å². The van der Waals surface area contributed by atoms with Crippen molar-refractivity contribution in [2.75, 3.05) is 0 Å². The molecule has 2 aromatic rings. The summed E-state index contributed by atoms with van der Waals surface area (Å²) in [5, 5.41) is 5.46. The predicted molar refractivity (Wildman–Crippen MR) is 77.2 cm³/mol. The highest BCUT2D eigenvalue weighted by atomic mass is 35.5. The third-order valence-corrected chi connectivity index (χ3v) is 3.46. The highest BCUT2D eigenvalue weighted by Gasteiger charge is 2.15. The lowest BCUT2D eigenvalue weighted by Crippen LogP contribution is -2.02. The molecule has 19 heavy (non-hydrogen) atoms. The predicted octanol–water partition coefficient (Wildman–Crippen LogP) is 4.00. The molecule has 0 radical (unpaired) electrons. The maximum Gasteiger partial charge on any atom is 0.155 e. The van der Waals surface area contributed by atoms with Gasteiger partial charge in [-0.3, -0.25) is 4.79 Å². The summed E-state index contributed by atoms with van der Waals surface area (Å²) in [4.78, 5) is 11.1.